The molecule has 0 radical (unpaired) electrons. The molecule has 22 heavy (non-hydrogen) atoms. The Kier molecular flexibility index (Phi) is 5.91. The van der Waals surface area contributed by atoms with E-state index in [1.54, 1.807) is 38.1 Å². The highest BCUT2D eigenvalue weighted by Gasteiger charge is 2.22. The summed E-state index contributed by atoms with van der Waals surface area (Å²) in [6, 6.07) is 6.10. The van der Waals surface area contributed by atoms with Gasteiger partial charge in [-0.2, -0.15) is 0 Å². The molecule has 3 amide bonds. The summed E-state index contributed by atoms with van der Waals surface area (Å²) in [5.41, 5.74) is 5.66. The second-order valence-corrected chi connectivity index (χ2v) is 5.65. The standard InChI is InChI=1S/C15H21N3O4/c1-15(2,8-7-12(19)20)18-13(21)11-5-3-10(4-6-11)9-17-14(16)22/h3-6H,7-9H2,1-2H3,(H,18,21)(H,19,20)(H3,16,17,22). The number of hydrogen-bond acceptors (Lipinski definition) is 3. The monoisotopic (exact) mass is 307 g/mol. The molecule has 0 atom stereocenters. The third-order valence-electron chi connectivity index (χ3n) is 3.10. The molecule has 120 valence electrons. The summed E-state index contributed by atoms with van der Waals surface area (Å²) in [6.07, 6.45) is 0.333. The number of primary amides is 1. The van der Waals surface area contributed by atoms with E-state index < -0.39 is 17.5 Å². The Balaban J connectivity index is 2.61. The normalized spacial score (nSPS) is 10.8. The molecule has 0 bridgehead atoms. The van der Waals surface area contributed by atoms with Crippen LogP contribution in [0.1, 0.15) is 42.6 Å². The number of hydrogen-bond donors (Lipinski definition) is 4. The van der Waals surface area contributed by atoms with Crippen LogP contribution in [0.3, 0.4) is 0 Å². The maximum atomic E-state index is 12.1. The van der Waals surface area contributed by atoms with Crippen LogP contribution < -0.4 is 16.4 Å². The lowest BCUT2D eigenvalue weighted by atomic mass is 9.97. The molecule has 1 rings (SSSR count). The van der Waals surface area contributed by atoms with Gasteiger partial charge in [0.25, 0.3) is 5.91 Å². The van der Waals surface area contributed by atoms with Crippen LogP contribution in [-0.4, -0.2) is 28.6 Å². The van der Waals surface area contributed by atoms with Gasteiger partial charge in [0, 0.05) is 24.1 Å². The minimum absolute atomic E-state index is 0.00892. The molecule has 0 unspecified atom stereocenters. The topological polar surface area (TPSA) is 122 Å². The first-order chi connectivity index (χ1) is 10.2. The van der Waals surface area contributed by atoms with Crippen molar-refractivity contribution in [2.45, 2.75) is 38.8 Å². The number of carboxylic acids is 1. The fourth-order valence-corrected chi connectivity index (χ4v) is 1.82. The molecule has 0 saturated heterocycles. The van der Waals surface area contributed by atoms with Crippen molar-refractivity contribution in [1.29, 1.82) is 0 Å². The highest BCUT2D eigenvalue weighted by molar-refractivity contribution is 5.94. The van der Waals surface area contributed by atoms with Gasteiger partial charge in [0.1, 0.15) is 0 Å². The molecule has 1 aromatic rings. The zero-order valence-electron chi connectivity index (χ0n) is 12.7. The average Bonchev–Trinajstić information content (AvgIpc) is 2.43. The third-order valence-corrected chi connectivity index (χ3v) is 3.10. The summed E-state index contributed by atoms with van der Waals surface area (Å²) in [7, 11) is 0. The Labute approximate surface area is 128 Å². The lowest BCUT2D eigenvalue weighted by molar-refractivity contribution is -0.137. The molecule has 0 aliphatic carbocycles. The Morgan fingerprint density at radius 3 is 2.27 bits per heavy atom. The first kappa shape index (κ1) is 17.5. The van der Waals surface area contributed by atoms with Crippen molar-refractivity contribution >= 4 is 17.9 Å². The van der Waals surface area contributed by atoms with Crippen LogP contribution >= 0.6 is 0 Å². The summed E-state index contributed by atoms with van der Waals surface area (Å²) in [5, 5.41) is 14.0. The minimum atomic E-state index is -0.895. The van der Waals surface area contributed by atoms with Gasteiger partial charge in [-0.3, -0.25) is 9.59 Å². The van der Waals surface area contributed by atoms with Crippen LogP contribution in [0, 0.1) is 0 Å². The third kappa shape index (κ3) is 6.25. The molecule has 0 aromatic heterocycles. The number of carboxylic acid groups (broad SMARTS) is 1. The van der Waals surface area contributed by atoms with Crippen LogP contribution in [-0.2, 0) is 11.3 Å². The number of carbonyl (C=O) groups is 3. The van der Waals surface area contributed by atoms with Gasteiger partial charge in [-0.15, -0.1) is 0 Å². The van der Waals surface area contributed by atoms with E-state index in [0.717, 1.165) is 5.56 Å². The molecule has 0 saturated carbocycles. The van der Waals surface area contributed by atoms with Crippen molar-refractivity contribution in [1.82, 2.24) is 10.6 Å². The number of nitrogens with two attached hydrogens (primary N) is 1. The summed E-state index contributed by atoms with van der Waals surface area (Å²) in [4.78, 5) is 33.4. The maximum absolute atomic E-state index is 12.1. The van der Waals surface area contributed by atoms with Crippen molar-refractivity contribution in [3.63, 3.8) is 0 Å². The predicted octanol–water partition coefficient (Wildman–Crippen LogP) is 1.23. The fraction of sp³-hybridized carbons (Fsp3) is 0.400. The molecule has 7 nitrogen and oxygen atoms in total. The molecule has 0 heterocycles. The molecule has 1 aromatic carbocycles. The van der Waals surface area contributed by atoms with Crippen LogP contribution in [0.2, 0.25) is 0 Å². The van der Waals surface area contributed by atoms with Gasteiger partial charge >= 0.3 is 12.0 Å². The smallest absolute Gasteiger partial charge is 0.312 e. The van der Waals surface area contributed by atoms with Gasteiger partial charge in [-0.1, -0.05) is 12.1 Å². The van der Waals surface area contributed by atoms with Crippen molar-refractivity contribution in [2.24, 2.45) is 5.73 Å². The van der Waals surface area contributed by atoms with Crippen molar-refractivity contribution in [2.75, 3.05) is 0 Å². The molecule has 0 fully saturated rings. The first-order valence-electron chi connectivity index (χ1n) is 6.86. The van der Waals surface area contributed by atoms with E-state index in [9.17, 15) is 14.4 Å². The molecule has 0 spiro atoms. The van der Waals surface area contributed by atoms with Crippen LogP contribution in [0.25, 0.3) is 0 Å². The molecular formula is C15H21N3O4. The number of nitrogens with one attached hydrogen (secondary N) is 2. The molecule has 5 N–H and O–H groups in total. The Morgan fingerprint density at radius 2 is 1.77 bits per heavy atom. The van der Waals surface area contributed by atoms with E-state index >= 15 is 0 Å². The minimum Gasteiger partial charge on any atom is -0.481 e. The van der Waals surface area contributed by atoms with Crippen LogP contribution in [0.5, 0.6) is 0 Å². The summed E-state index contributed by atoms with van der Waals surface area (Å²) in [6.45, 7) is 3.85. The highest BCUT2D eigenvalue weighted by Crippen LogP contribution is 2.13. The SMILES string of the molecule is CC(C)(CCC(=O)O)NC(=O)c1ccc(CNC(N)=O)cc1. The van der Waals surface area contributed by atoms with Gasteiger partial charge in [0.05, 0.1) is 0 Å². The second kappa shape index (κ2) is 7.44. The Morgan fingerprint density at radius 1 is 1.18 bits per heavy atom. The van der Waals surface area contributed by atoms with Gasteiger partial charge < -0.3 is 21.5 Å². The summed E-state index contributed by atoms with van der Waals surface area (Å²) < 4.78 is 0. The molecular weight excluding hydrogens is 286 g/mol. The first-order valence-corrected chi connectivity index (χ1v) is 6.86. The second-order valence-electron chi connectivity index (χ2n) is 5.65. The summed E-state index contributed by atoms with van der Waals surface area (Å²) >= 11 is 0. The Hall–Kier alpha value is -2.57. The van der Waals surface area contributed by atoms with E-state index in [-0.39, 0.29) is 12.3 Å². The quantitative estimate of drug-likeness (QED) is 0.605. The van der Waals surface area contributed by atoms with E-state index in [1.807, 2.05) is 0 Å². The largest absolute Gasteiger partial charge is 0.481 e. The predicted molar refractivity (Wildman–Crippen MR) is 81.3 cm³/mol. The van der Waals surface area contributed by atoms with E-state index in [1.165, 1.54) is 0 Å². The van der Waals surface area contributed by atoms with Gasteiger partial charge in [0.2, 0.25) is 0 Å². The zero-order chi connectivity index (χ0) is 16.8. The van der Waals surface area contributed by atoms with E-state index in [0.29, 0.717) is 18.5 Å². The van der Waals surface area contributed by atoms with Crippen LogP contribution in [0.15, 0.2) is 24.3 Å². The number of urea groups is 1. The lowest BCUT2D eigenvalue weighted by Crippen LogP contribution is -2.43. The number of amides is 3. The van der Waals surface area contributed by atoms with Crippen LogP contribution in [0.4, 0.5) is 4.79 Å². The number of rotatable bonds is 7. The van der Waals surface area contributed by atoms with Crippen molar-refractivity contribution in [3.05, 3.63) is 35.4 Å². The summed E-state index contributed by atoms with van der Waals surface area (Å²) in [5.74, 6) is -1.17. The van der Waals surface area contributed by atoms with Crippen molar-refractivity contribution < 1.29 is 19.5 Å². The van der Waals surface area contributed by atoms with Crippen molar-refractivity contribution in [3.8, 4) is 0 Å². The average molecular weight is 307 g/mol. The molecule has 0 aliphatic rings. The molecule has 0 aliphatic heterocycles. The molecule has 7 heteroatoms. The van der Waals surface area contributed by atoms with Gasteiger partial charge in [-0.05, 0) is 38.0 Å². The number of carbonyl (C=O) groups excluding carboxylic acids is 2. The lowest BCUT2D eigenvalue weighted by Gasteiger charge is -2.25. The van der Waals surface area contributed by atoms with Gasteiger partial charge in [-0.25, -0.2) is 4.79 Å². The fourth-order valence-electron chi connectivity index (χ4n) is 1.82. The maximum Gasteiger partial charge on any atom is 0.312 e. The highest BCUT2D eigenvalue weighted by atomic mass is 16.4. The zero-order valence-corrected chi connectivity index (χ0v) is 12.7. The Bertz CT molecular complexity index is 552. The number of aliphatic carboxylic acids is 1. The van der Waals surface area contributed by atoms with E-state index in [4.69, 9.17) is 10.8 Å². The van der Waals surface area contributed by atoms with E-state index in [2.05, 4.69) is 10.6 Å². The number of benzene rings is 1. The van der Waals surface area contributed by atoms with Gasteiger partial charge in [0.15, 0.2) is 0 Å².